The first kappa shape index (κ1) is 10.2. The molecule has 12 heavy (non-hydrogen) atoms. The molecule has 0 rings (SSSR count). The van der Waals surface area contributed by atoms with Gasteiger partial charge in [-0.2, -0.15) is 10.5 Å². The Hall–Kier alpha value is -1.75. The van der Waals surface area contributed by atoms with Gasteiger partial charge in [0.25, 0.3) is 0 Å². The Morgan fingerprint density at radius 2 is 1.50 bits per heavy atom. The van der Waals surface area contributed by atoms with Gasteiger partial charge in [-0.1, -0.05) is 0 Å². The molecule has 0 saturated heterocycles. The predicted octanol–water partition coefficient (Wildman–Crippen LogP) is 0.967. The van der Waals surface area contributed by atoms with Crippen molar-refractivity contribution in [1.29, 1.82) is 10.5 Å². The molecule has 0 spiro atoms. The molecule has 0 aliphatic carbocycles. The van der Waals surface area contributed by atoms with E-state index in [0.29, 0.717) is 0 Å². The van der Waals surface area contributed by atoms with E-state index in [4.69, 9.17) is 10.5 Å². The molecule has 0 saturated carbocycles. The summed E-state index contributed by atoms with van der Waals surface area (Å²) in [6, 6.07) is 3.61. The molecule has 0 bridgehead atoms. The van der Waals surface area contributed by atoms with E-state index in [1.807, 2.05) is 0 Å². The zero-order chi connectivity index (χ0) is 9.23. The SMILES string of the molecule is N#CCCOC(=O)OCCC#N. The first-order valence-electron chi connectivity index (χ1n) is 3.34. The zero-order valence-corrected chi connectivity index (χ0v) is 6.45. The van der Waals surface area contributed by atoms with E-state index in [2.05, 4.69) is 9.47 Å². The second-order valence-electron chi connectivity index (χ2n) is 1.76. The second kappa shape index (κ2) is 7.36. The van der Waals surface area contributed by atoms with Crippen LogP contribution in [0.3, 0.4) is 0 Å². The number of hydrogen-bond acceptors (Lipinski definition) is 5. The standard InChI is InChI=1S/C7H8N2O3/c8-3-1-5-11-7(10)12-6-2-4-9/h1-2,5-6H2. The minimum absolute atomic E-state index is 0.0296. The van der Waals surface area contributed by atoms with Crippen LogP contribution in [0.5, 0.6) is 0 Å². The highest BCUT2D eigenvalue weighted by Gasteiger charge is 2.01. The molecule has 0 aromatic carbocycles. The van der Waals surface area contributed by atoms with Crippen molar-refractivity contribution in [3.63, 3.8) is 0 Å². The number of nitriles is 2. The highest BCUT2D eigenvalue weighted by molar-refractivity contribution is 5.59. The van der Waals surface area contributed by atoms with Gasteiger partial charge in [-0.3, -0.25) is 0 Å². The summed E-state index contributed by atoms with van der Waals surface area (Å²) in [5, 5.41) is 16.1. The van der Waals surface area contributed by atoms with Gasteiger partial charge in [-0.25, -0.2) is 4.79 Å². The molecule has 0 radical (unpaired) electrons. The van der Waals surface area contributed by atoms with Crippen LogP contribution < -0.4 is 0 Å². The van der Waals surface area contributed by atoms with Gasteiger partial charge >= 0.3 is 6.16 Å². The molecule has 0 aromatic heterocycles. The quantitative estimate of drug-likeness (QED) is 0.461. The lowest BCUT2D eigenvalue weighted by molar-refractivity contribution is 0.0583. The van der Waals surface area contributed by atoms with Gasteiger partial charge in [0.2, 0.25) is 0 Å². The third kappa shape index (κ3) is 6.37. The average molecular weight is 168 g/mol. The van der Waals surface area contributed by atoms with Crippen LogP contribution in [0.2, 0.25) is 0 Å². The lowest BCUT2D eigenvalue weighted by Crippen LogP contribution is -2.08. The van der Waals surface area contributed by atoms with Crippen LogP contribution >= 0.6 is 0 Å². The van der Waals surface area contributed by atoms with Crippen LogP contribution in [0.15, 0.2) is 0 Å². The summed E-state index contributed by atoms with van der Waals surface area (Å²) < 4.78 is 8.87. The molecule has 0 aliphatic rings. The molecule has 0 atom stereocenters. The van der Waals surface area contributed by atoms with Crippen LogP contribution in [0, 0.1) is 22.7 Å². The van der Waals surface area contributed by atoms with Crippen LogP contribution in [0.1, 0.15) is 12.8 Å². The maximum absolute atomic E-state index is 10.5. The third-order valence-corrected chi connectivity index (χ3v) is 0.868. The van der Waals surface area contributed by atoms with Crippen molar-refractivity contribution in [2.24, 2.45) is 0 Å². The fourth-order valence-corrected chi connectivity index (χ4v) is 0.402. The van der Waals surface area contributed by atoms with Crippen LogP contribution in [0.25, 0.3) is 0 Å². The van der Waals surface area contributed by atoms with E-state index >= 15 is 0 Å². The summed E-state index contributed by atoms with van der Waals surface area (Å²) in [6.45, 7) is 0.0593. The van der Waals surface area contributed by atoms with Crippen molar-refractivity contribution in [2.75, 3.05) is 13.2 Å². The first-order valence-corrected chi connectivity index (χ1v) is 3.34. The van der Waals surface area contributed by atoms with Gasteiger partial charge in [0.15, 0.2) is 0 Å². The molecule has 5 nitrogen and oxygen atoms in total. The van der Waals surface area contributed by atoms with E-state index in [1.165, 1.54) is 0 Å². The van der Waals surface area contributed by atoms with Gasteiger partial charge in [0, 0.05) is 0 Å². The lowest BCUT2D eigenvalue weighted by atomic mass is 10.5. The molecule has 5 heteroatoms. The summed E-state index contributed by atoms with van der Waals surface area (Å²) in [4.78, 5) is 10.5. The number of ether oxygens (including phenoxy) is 2. The van der Waals surface area contributed by atoms with Gasteiger partial charge in [0.05, 0.1) is 25.0 Å². The molecule has 0 aromatic rings. The predicted molar refractivity (Wildman–Crippen MR) is 37.8 cm³/mol. The first-order chi connectivity index (χ1) is 5.81. The minimum atomic E-state index is -0.833. The molecule has 0 heterocycles. The van der Waals surface area contributed by atoms with Crippen LogP contribution in [0.4, 0.5) is 4.79 Å². The molecule has 0 fully saturated rings. The number of rotatable bonds is 4. The largest absolute Gasteiger partial charge is 0.508 e. The van der Waals surface area contributed by atoms with Crippen molar-refractivity contribution in [3.05, 3.63) is 0 Å². The Morgan fingerprint density at radius 3 is 1.83 bits per heavy atom. The lowest BCUT2D eigenvalue weighted by Gasteiger charge is -2.01. The smallest absolute Gasteiger partial charge is 0.433 e. The highest BCUT2D eigenvalue weighted by Crippen LogP contribution is 1.88. The van der Waals surface area contributed by atoms with Gasteiger partial charge < -0.3 is 9.47 Å². The molecular weight excluding hydrogens is 160 g/mol. The number of nitrogens with zero attached hydrogens (tertiary/aromatic N) is 2. The summed E-state index contributed by atoms with van der Waals surface area (Å²) in [5.41, 5.74) is 0. The van der Waals surface area contributed by atoms with Crippen molar-refractivity contribution < 1.29 is 14.3 Å². The summed E-state index contributed by atoms with van der Waals surface area (Å²) in [7, 11) is 0. The molecular formula is C7H8N2O3. The minimum Gasteiger partial charge on any atom is -0.433 e. The number of carbonyl (C=O) groups excluding carboxylic acids is 1. The maximum atomic E-state index is 10.5. The average Bonchev–Trinajstić information content (AvgIpc) is 2.06. The topological polar surface area (TPSA) is 83.1 Å². The Morgan fingerprint density at radius 1 is 1.08 bits per heavy atom. The Labute approximate surface area is 70.1 Å². The Kier molecular flexibility index (Phi) is 6.29. The summed E-state index contributed by atoms with van der Waals surface area (Å²) in [5.74, 6) is 0. The molecule has 64 valence electrons. The number of carbonyl (C=O) groups is 1. The van der Waals surface area contributed by atoms with E-state index in [1.54, 1.807) is 12.1 Å². The van der Waals surface area contributed by atoms with Gasteiger partial charge in [0.1, 0.15) is 13.2 Å². The molecule has 0 amide bonds. The number of hydrogen-bond donors (Lipinski definition) is 0. The molecule has 0 aliphatic heterocycles. The summed E-state index contributed by atoms with van der Waals surface area (Å²) in [6.07, 6.45) is -0.541. The Balaban J connectivity index is 3.24. The van der Waals surface area contributed by atoms with Crippen molar-refractivity contribution in [3.8, 4) is 12.1 Å². The Bertz CT molecular complexity index is 192. The monoisotopic (exact) mass is 168 g/mol. The summed E-state index contributed by atoms with van der Waals surface area (Å²) >= 11 is 0. The second-order valence-corrected chi connectivity index (χ2v) is 1.76. The van der Waals surface area contributed by atoms with Crippen molar-refractivity contribution in [2.45, 2.75) is 12.8 Å². The van der Waals surface area contributed by atoms with Gasteiger partial charge in [-0.05, 0) is 0 Å². The third-order valence-electron chi connectivity index (χ3n) is 0.868. The van der Waals surface area contributed by atoms with Gasteiger partial charge in [-0.15, -0.1) is 0 Å². The van der Waals surface area contributed by atoms with E-state index < -0.39 is 6.16 Å². The fourth-order valence-electron chi connectivity index (χ4n) is 0.402. The normalized spacial score (nSPS) is 7.83. The highest BCUT2D eigenvalue weighted by atomic mass is 16.7. The van der Waals surface area contributed by atoms with Crippen LogP contribution in [-0.4, -0.2) is 19.4 Å². The van der Waals surface area contributed by atoms with Crippen molar-refractivity contribution in [1.82, 2.24) is 0 Å². The molecule has 0 unspecified atom stereocenters. The molecule has 0 N–H and O–H groups in total. The van der Waals surface area contributed by atoms with Crippen molar-refractivity contribution >= 4 is 6.16 Å². The van der Waals surface area contributed by atoms with E-state index in [9.17, 15) is 4.79 Å². The van der Waals surface area contributed by atoms with E-state index in [-0.39, 0.29) is 26.1 Å². The fraction of sp³-hybridized carbons (Fsp3) is 0.571. The van der Waals surface area contributed by atoms with Crippen LogP contribution in [-0.2, 0) is 9.47 Å². The zero-order valence-electron chi connectivity index (χ0n) is 6.45. The maximum Gasteiger partial charge on any atom is 0.508 e. The van der Waals surface area contributed by atoms with E-state index in [0.717, 1.165) is 0 Å².